The molecule has 1 fully saturated rings. The summed E-state index contributed by atoms with van der Waals surface area (Å²) in [5.74, 6) is -1.60. The molecule has 0 radical (unpaired) electrons. The van der Waals surface area contributed by atoms with Gasteiger partial charge in [-0.3, -0.25) is 9.59 Å². The third kappa shape index (κ3) is 6.20. The molecule has 1 saturated heterocycles. The monoisotopic (exact) mass is 483 g/mol. The van der Waals surface area contributed by atoms with E-state index >= 15 is 0 Å². The Labute approximate surface area is 191 Å². The van der Waals surface area contributed by atoms with Crippen LogP contribution in [0, 0.1) is 0 Å². The van der Waals surface area contributed by atoms with Gasteiger partial charge in [0.05, 0.1) is 4.90 Å². The fourth-order valence-corrected chi connectivity index (χ4v) is 5.55. The van der Waals surface area contributed by atoms with Gasteiger partial charge in [0.2, 0.25) is 10.0 Å². The molecular formula is C21H23Cl2N3O4S. The molecule has 0 spiro atoms. The summed E-state index contributed by atoms with van der Waals surface area (Å²) in [6, 6.07) is 12.3. The van der Waals surface area contributed by atoms with Gasteiger partial charge >= 0.3 is 11.8 Å². The minimum absolute atomic E-state index is 0.180. The summed E-state index contributed by atoms with van der Waals surface area (Å²) in [5, 5.41) is 5.95. The Kier molecular flexibility index (Phi) is 7.94. The molecule has 0 unspecified atom stereocenters. The Hall–Kier alpha value is -2.13. The first kappa shape index (κ1) is 23.5. The number of nitrogens with zero attached hydrogens (tertiary/aromatic N) is 1. The quantitative estimate of drug-likeness (QED) is 0.612. The average molecular weight is 484 g/mol. The Morgan fingerprint density at radius 3 is 2.45 bits per heavy atom. The largest absolute Gasteiger partial charge is 0.348 e. The van der Waals surface area contributed by atoms with Crippen molar-refractivity contribution in [3.63, 3.8) is 0 Å². The summed E-state index contributed by atoms with van der Waals surface area (Å²) in [7, 11) is -3.67. The van der Waals surface area contributed by atoms with Crippen LogP contribution in [0.5, 0.6) is 0 Å². The van der Waals surface area contributed by atoms with E-state index in [0.29, 0.717) is 35.1 Å². The summed E-state index contributed by atoms with van der Waals surface area (Å²) in [6.45, 7) is 0.595. The maximum atomic E-state index is 13.1. The molecule has 1 atom stereocenters. The van der Waals surface area contributed by atoms with E-state index in [1.165, 1.54) is 22.5 Å². The number of hydrogen-bond acceptors (Lipinski definition) is 4. The normalized spacial score (nSPS) is 17.2. The third-order valence-electron chi connectivity index (χ3n) is 5.05. The maximum absolute atomic E-state index is 13.1. The van der Waals surface area contributed by atoms with E-state index < -0.39 is 21.8 Å². The van der Waals surface area contributed by atoms with Crippen LogP contribution in [0.15, 0.2) is 53.4 Å². The molecule has 2 N–H and O–H groups in total. The minimum Gasteiger partial charge on any atom is -0.348 e. The van der Waals surface area contributed by atoms with Crippen molar-refractivity contribution in [2.45, 2.75) is 36.6 Å². The Bertz CT molecular complexity index is 1040. The van der Waals surface area contributed by atoms with Crippen LogP contribution in [-0.2, 0) is 19.6 Å². The van der Waals surface area contributed by atoms with Gasteiger partial charge in [0.1, 0.15) is 0 Å². The molecule has 10 heteroatoms. The second-order valence-electron chi connectivity index (χ2n) is 7.23. The van der Waals surface area contributed by atoms with Gasteiger partial charge in [-0.1, -0.05) is 35.7 Å². The second kappa shape index (κ2) is 10.5. The Balaban J connectivity index is 1.57. The van der Waals surface area contributed by atoms with Gasteiger partial charge in [-0.25, -0.2) is 8.42 Å². The van der Waals surface area contributed by atoms with Gasteiger partial charge in [0.25, 0.3) is 0 Å². The molecule has 0 bridgehead atoms. The number of amides is 2. The molecule has 0 aliphatic carbocycles. The van der Waals surface area contributed by atoms with Crippen molar-refractivity contribution in [3.05, 3.63) is 58.6 Å². The van der Waals surface area contributed by atoms with Crippen molar-refractivity contribution >= 4 is 50.7 Å². The SMILES string of the molecule is O=C(NCC[C@H]1CCCCN1S(=O)(=O)c1ccc(Cl)cc1)C(=O)Nc1cccc(Cl)c1. The highest BCUT2D eigenvalue weighted by atomic mass is 35.5. The highest BCUT2D eigenvalue weighted by molar-refractivity contribution is 7.89. The molecule has 1 aliphatic rings. The molecule has 166 valence electrons. The average Bonchev–Trinajstić information content (AvgIpc) is 2.74. The lowest BCUT2D eigenvalue weighted by molar-refractivity contribution is -0.136. The highest BCUT2D eigenvalue weighted by Gasteiger charge is 2.33. The van der Waals surface area contributed by atoms with Crippen LogP contribution in [0.2, 0.25) is 10.0 Å². The number of nitrogens with one attached hydrogen (secondary N) is 2. The van der Waals surface area contributed by atoms with Gasteiger partial charge < -0.3 is 10.6 Å². The lowest BCUT2D eigenvalue weighted by atomic mass is 10.0. The molecular weight excluding hydrogens is 461 g/mol. The zero-order valence-corrected chi connectivity index (χ0v) is 19.0. The number of carbonyl (C=O) groups is 2. The number of anilines is 1. The van der Waals surface area contributed by atoms with Crippen LogP contribution in [0.4, 0.5) is 5.69 Å². The standard InChI is InChI=1S/C21H23Cl2N3O4S/c22-15-7-9-19(10-8-15)31(29,30)26-13-2-1-6-18(26)11-12-24-20(27)21(28)25-17-5-3-4-16(23)14-17/h3-5,7-10,14,18H,1-2,6,11-13H2,(H,24,27)(H,25,28)/t18-/m1/s1. The van der Waals surface area contributed by atoms with E-state index in [0.717, 1.165) is 12.8 Å². The molecule has 1 aliphatic heterocycles. The fraction of sp³-hybridized carbons (Fsp3) is 0.333. The summed E-state index contributed by atoms with van der Waals surface area (Å²) >= 11 is 11.7. The zero-order valence-electron chi connectivity index (χ0n) is 16.7. The molecule has 2 aromatic carbocycles. The van der Waals surface area contributed by atoms with Crippen LogP contribution >= 0.6 is 23.2 Å². The van der Waals surface area contributed by atoms with Crippen molar-refractivity contribution in [1.82, 2.24) is 9.62 Å². The molecule has 0 aromatic heterocycles. The van der Waals surface area contributed by atoms with E-state index in [1.54, 1.807) is 30.3 Å². The molecule has 0 saturated carbocycles. The molecule has 2 aromatic rings. The van der Waals surface area contributed by atoms with E-state index in [-0.39, 0.29) is 17.5 Å². The number of carbonyl (C=O) groups excluding carboxylic acids is 2. The smallest absolute Gasteiger partial charge is 0.313 e. The van der Waals surface area contributed by atoms with E-state index in [2.05, 4.69) is 10.6 Å². The van der Waals surface area contributed by atoms with E-state index in [4.69, 9.17) is 23.2 Å². The van der Waals surface area contributed by atoms with Gasteiger partial charge in [-0.2, -0.15) is 4.31 Å². The second-order valence-corrected chi connectivity index (χ2v) is 9.99. The molecule has 3 rings (SSSR count). The van der Waals surface area contributed by atoms with Gasteiger partial charge in [-0.15, -0.1) is 0 Å². The number of hydrogen-bond donors (Lipinski definition) is 2. The van der Waals surface area contributed by atoms with Crippen LogP contribution in [-0.4, -0.2) is 43.7 Å². The van der Waals surface area contributed by atoms with Crippen molar-refractivity contribution in [2.24, 2.45) is 0 Å². The van der Waals surface area contributed by atoms with Crippen molar-refractivity contribution in [2.75, 3.05) is 18.4 Å². The third-order valence-corrected chi connectivity index (χ3v) is 7.50. The first-order chi connectivity index (χ1) is 14.8. The number of sulfonamides is 1. The topological polar surface area (TPSA) is 95.6 Å². The molecule has 1 heterocycles. The van der Waals surface area contributed by atoms with E-state index in [9.17, 15) is 18.0 Å². The summed E-state index contributed by atoms with van der Waals surface area (Å²) < 4.78 is 27.6. The van der Waals surface area contributed by atoms with Crippen LogP contribution in [0.25, 0.3) is 0 Å². The number of benzene rings is 2. The molecule has 7 nitrogen and oxygen atoms in total. The van der Waals surface area contributed by atoms with Gasteiger partial charge in [0, 0.05) is 34.9 Å². The molecule has 2 amide bonds. The zero-order chi connectivity index (χ0) is 22.4. The molecule has 31 heavy (non-hydrogen) atoms. The summed E-state index contributed by atoms with van der Waals surface area (Å²) in [4.78, 5) is 24.4. The number of rotatable bonds is 6. The summed E-state index contributed by atoms with van der Waals surface area (Å²) in [6.07, 6.45) is 2.78. The Morgan fingerprint density at radius 1 is 1.00 bits per heavy atom. The predicted molar refractivity (Wildman–Crippen MR) is 121 cm³/mol. The van der Waals surface area contributed by atoms with Gasteiger partial charge in [0.15, 0.2) is 0 Å². The van der Waals surface area contributed by atoms with Gasteiger partial charge in [-0.05, 0) is 61.7 Å². The lowest BCUT2D eigenvalue weighted by Crippen LogP contribution is -2.45. The summed E-state index contributed by atoms with van der Waals surface area (Å²) in [5.41, 5.74) is 0.417. The van der Waals surface area contributed by atoms with E-state index in [1.807, 2.05) is 0 Å². The fourth-order valence-electron chi connectivity index (χ4n) is 3.51. The predicted octanol–water partition coefficient (Wildman–Crippen LogP) is 3.68. The number of halogens is 2. The van der Waals surface area contributed by atoms with Crippen molar-refractivity contribution < 1.29 is 18.0 Å². The first-order valence-corrected chi connectivity index (χ1v) is 12.1. The Morgan fingerprint density at radius 2 is 1.74 bits per heavy atom. The van der Waals surface area contributed by atoms with Crippen molar-refractivity contribution in [1.29, 1.82) is 0 Å². The van der Waals surface area contributed by atoms with Crippen LogP contribution in [0.1, 0.15) is 25.7 Å². The van der Waals surface area contributed by atoms with Crippen molar-refractivity contribution in [3.8, 4) is 0 Å². The van der Waals surface area contributed by atoms with Crippen LogP contribution < -0.4 is 10.6 Å². The minimum atomic E-state index is -3.67. The maximum Gasteiger partial charge on any atom is 0.313 e. The number of piperidine rings is 1. The van der Waals surface area contributed by atoms with Crippen LogP contribution in [0.3, 0.4) is 0 Å². The highest BCUT2D eigenvalue weighted by Crippen LogP contribution is 2.27. The lowest BCUT2D eigenvalue weighted by Gasteiger charge is -2.34. The first-order valence-electron chi connectivity index (χ1n) is 9.89.